The fraction of sp³-hybridized carbons (Fsp3) is 0.368. The molecule has 1 aliphatic heterocycles. The third-order valence-corrected chi connectivity index (χ3v) is 4.43. The summed E-state index contributed by atoms with van der Waals surface area (Å²) in [5, 5.41) is 0. The quantitative estimate of drug-likeness (QED) is 0.860. The highest BCUT2D eigenvalue weighted by atomic mass is 19.1. The lowest BCUT2D eigenvalue weighted by Crippen LogP contribution is -2.35. The topological polar surface area (TPSA) is 45.7 Å². The Morgan fingerprint density at radius 3 is 2.72 bits per heavy atom. The van der Waals surface area contributed by atoms with Crippen LogP contribution in [0.25, 0.3) is 0 Å². The number of ether oxygens (including phenoxy) is 1. The van der Waals surface area contributed by atoms with E-state index in [9.17, 15) is 9.18 Å². The molecular weight excluding hydrogens is 321 g/mol. The number of aryl methyl sites for hydroxylation is 1. The second kappa shape index (κ2) is 7.51. The van der Waals surface area contributed by atoms with Crippen LogP contribution in [-0.2, 0) is 0 Å². The molecule has 0 saturated carbocycles. The average molecular weight is 343 g/mol. The fourth-order valence-corrected chi connectivity index (χ4v) is 3.09. The van der Waals surface area contributed by atoms with Crippen molar-refractivity contribution < 1.29 is 13.9 Å². The maximum absolute atomic E-state index is 13.9. The van der Waals surface area contributed by atoms with Gasteiger partial charge in [0.15, 0.2) is 11.6 Å². The zero-order valence-electron chi connectivity index (χ0n) is 14.5. The van der Waals surface area contributed by atoms with Crippen LogP contribution < -0.4 is 9.64 Å². The highest BCUT2D eigenvalue weighted by Crippen LogP contribution is 2.20. The van der Waals surface area contributed by atoms with Crippen LogP contribution in [0.4, 0.5) is 10.1 Å². The van der Waals surface area contributed by atoms with Gasteiger partial charge in [0.25, 0.3) is 5.91 Å². The molecule has 1 aliphatic rings. The molecule has 1 amide bonds. The molecular formula is C19H22FN3O2. The number of methoxy groups -OCH3 is 1. The van der Waals surface area contributed by atoms with Gasteiger partial charge in [-0.2, -0.15) is 0 Å². The number of pyridine rings is 1. The summed E-state index contributed by atoms with van der Waals surface area (Å²) in [5.41, 5.74) is 2.45. The van der Waals surface area contributed by atoms with Crippen LogP contribution in [-0.4, -0.2) is 49.1 Å². The summed E-state index contributed by atoms with van der Waals surface area (Å²) in [4.78, 5) is 21.0. The Hall–Kier alpha value is -2.63. The number of nitrogens with zero attached hydrogens (tertiary/aromatic N) is 3. The van der Waals surface area contributed by atoms with E-state index < -0.39 is 5.82 Å². The van der Waals surface area contributed by atoms with Gasteiger partial charge in [0.1, 0.15) is 0 Å². The van der Waals surface area contributed by atoms with Crippen LogP contribution >= 0.6 is 0 Å². The van der Waals surface area contributed by atoms with Crippen LogP contribution in [0.2, 0.25) is 0 Å². The molecule has 0 atom stereocenters. The molecule has 5 nitrogen and oxygen atoms in total. The van der Waals surface area contributed by atoms with Gasteiger partial charge in [-0.15, -0.1) is 0 Å². The van der Waals surface area contributed by atoms with Crippen molar-refractivity contribution in [1.82, 2.24) is 9.88 Å². The molecule has 6 heteroatoms. The largest absolute Gasteiger partial charge is 0.494 e. The molecule has 0 N–H and O–H groups in total. The number of aromatic nitrogens is 1. The van der Waals surface area contributed by atoms with Gasteiger partial charge in [0.2, 0.25) is 0 Å². The minimum atomic E-state index is -0.517. The SMILES string of the molecule is COc1ccc(C(=O)N2CCCN(c3ccnc(C)c3)CC2)cc1F. The van der Waals surface area contributed by atoms with Gasteiger partial charge in [-0.25, -0.2) is 4.39 Å². The van der Waals surface area contributed by atoms with E-state index in [2.05, 4.69) is 16.0 Å². The van der Waals surface area contributed by atoms with Crippen molar-refractivity contribution >= 4 is 11.6 Å². The maximum Gasteiger partial charge on any atom is 0.254 e. The molecule has 1 saturated heterocycles. The molecule has 1 fully saturated rings. The van der Waals surface area contributed by atoms with Crippen LogP contribution in [0.3, 0.4) is 0 Å². The van der Waals surface area contributed by atoms with Crippen molar-refractivity contribution in [3.63, 3.8) is 0 Å². The molecule has 0 radical (unpaired) electrons. The number of hydrogen-bond acceptors (Lipinski definition) is 4. The van der Waals surface area contributed by atoms with Gasteiger partial charge >= 0.3 is 0 Å². The minimum Gasteiger partial charge on any atom is -0.494 e. The van der Waals surface area contributed by atoms with Gasteiger partial charge < -0.3 is 14.5 Å². The lowest BCUT2D eigenvalue weighted by Gasteiger charge is -2.24. The van der Waals surface area contributed by atoms with E-state index >= 15 is 0 Å². The molecule has 132 valence electrons. The summed E-state index contributed by atoms with van der Waals surface area (Å²) >= 11 is 0. The van der Waals surface area contributed by atoms with Gasteiger partial charge in [-0.05, 0) is 43.7 Å². The third-order valence-electron chi connectivity index (χ3n) is 4.43. The van der Waals surface area contributed by atoms with E-state index in [1.807, 2.05) is 13.0 Å². The number of hydrogen-bond donors (Lipinski definition) is 0. The molecule has 25 heavy (non-hydrogen) atoms. The normalized spacial score (nSPS) is 15.0. The van der Waals surface area contributed by atoms with Crippen molar-refractivity contribution in [2.45, 2.75) is 13.3 Å². The number of rotatable bonds is 3. The van der Waals surface area contributed by atoms with Crippen molar-refractivity contribution in [3.8, 4) is 5.75 Å². The number of carbonyl (C=O) groups excluding carboxylic acids is 1. The number of amides is 1. The summed E-state index contributed by atoms with van der Waals surface area (Å²) < 4.78 is 18.8. The van der Waals surface area contributed by atoms with Crippen molar-refractivity contribution in [3.05, 3.63) is 53.6 Å². The highest BCUT2D eigenvalue weighted by molar-refractivity contribution is 5.94. The zero-order chi connectivity index (χ0) is 17.8. The van der Waals surface area contributed by atoms with Crippen LogP contribution in [0, 0.1) is 12.7 Å². The lowest BCUT2D eigenvalue weighted by atomic mass is 10.1. The molecule has 0 spiro atoms. The Balaban J connectivity index is 1.70. The number of benzene rings is 1. The minimum absolute atomic E-state index is 0.144. The number of carbonyl (C=O) groups is 1. The second-order valence-corrected chi connectivity index (χ2v) is 6.14. The Morgan fingerprint density at radius 1 is 1.16 bits per heavy atom. The van der Waals surface area contributed by atoms with E-state index in [1.165, 1.54) is 19.2 Å². The lowest BCUT2D eigenvalue weighted by molar-refractivity contribution is 0.0766. The predicted octanol–water partition coefficient (Wildman–Crippen LogP) is 2.89. The van der Waals surface area contributed by atoms with E-state index in [0.29, 0.717) is 18.7 Å². The maximum atomic E-state index is 13.9. The Bertz CT molecular complexity index is 766. The summed E-state index contributed by atoms with van der Waals surface area (Å²) in [6.45, 7) is 4.86. The smallest absolute Gasteiger partial charge is 0.254 e. The van der Waals surface area contributed by atoms with E-state index in [4.69, 9.17) is 4.74 Å². The summed E-state index contributed by atoms with van der Waals surface area (Å²) in [7, 11) is 1.41. The van der Waals surface area contributed by atoms with Gasteiger partial charge in [0, 0.05) is 49.3 Å². The first-order valence-electron chi connectivity index (χ1n) is 8.39. The van der Waals surface area contributed by atoms with E-state index in [0.717, 1.165) is 30.9 Å². The standard InChI is InChI=1S/C19H22FN3O2/c1-14-12-16(6-7-21-14)22-8-3-9-23(11-10-22)19(24)15-4-5-18(25-2)17(20)13-15/h4-7,12-13H,3,8-11H2,1-2H3. The molecule has 0 unspecified atom stereocenters. The molecule has 1 aromatic carbocycles. The second-order valence-electron chi connectivity index (χ2n) is 6.14. The summed E-state index contributed by atoms with van der Waals surface area (Å²) in [5.74, 6) is -0.516. The molecule has 1 aromatic heterocycles. The van der Waals surface area contributed by atoms with E-state index in [-0.39, 0.29) is 11.7 Å². The van der Waals surface area contributed by atoms with Crippen molar-refractivity contribution in [2.24, 2.45) is 0 Å². The highest BCUT2D eigenvalue weighted by Gasteiger charge is 2.21. The Labute approximate surface area is 147 Å². The molecule has 3 rings (SSSR count). The first kappa shape index (κ1) is 17.2. The molecule has 0 bridgehead atoms. The van der Waals surface area contributed by atoms with Crippen LogP contribution in [0.5, 0.6) is 5.75 Å². The first-order valence-corrected chi connectivity index (χ1v) is 8.39. The van der Waals surface area contributed by atoms with Crippen LogP contribution in [0.15, 0.2) is 36.5 Å². The van der Waals surface area contributed by atoms with Crippen molar-refractivity contribution in [1.29, 1.82) is 0 Å². The zero-order valence-corrected chi connectivity index (χ0v) is 14.5. The number of anilines is 1. The summed E-state index contributed by atoms with van der Waals surface area (Å²) in [6.07, 6.45) is 2.67. The molecule has 2 heterocycles. The Morgan fingerprint density at radius 2 is 2.00 bits per heavy atom. The summed E-state index contributed by atoms with van der Waals surface area (Å²) in [6, 6.07) is 8.39. The van der Waals surface area contributed by atoms with E-state index in [1.54, 1.807) is 17.2 Å². The predicted molar refractivity (Wildman–Crippen MR) is 94.7 cm³/mol. The van der Waals surface area contributed by atoms with Crippen molar-refractivity contribution in [2.75, 3.05) is 38.2 Å². The fourth-order valence-electron chi connectivity index (χ4n) is 3.09. The number of halogens is 1. The Kier molecular flexibility index (Phi) is 5.16. The average Bonchev–Trinajstić information content (AvgIpc) is 2.87. The third kappa shape index (κ3) is 3.90. The monoisotopic (exact) mass is 343 g/mol. The van der Waals surface area contributed by atoms with Gasteiger partial charge in [0.05, 0.1) is 7.11 Å². The molecule has 2 aromatic rings. The molecule has 0 aliphatic carbocycles. The van der Waals surface area contributed by atoms with Gasteiger partial charge in [-0.3, -0.25) is 9.78 Å². The van der Waals surface area contributed by atoms with Gasteiger partial charge in [-0.1, -0.05) is 0 Å². The first-order chi connectivity index (χ1) is 12.1. The van der Waals surface area contributed by atoms with Crippen LogP contribution in [0.1, 0.15) is 22.5 Å².